The fourth-order valence-corrected chi connectivity index (χ4v) is 2.84. The molecule has 0 aliphatic heterocycles. The van der Waals surface area contributed by atoms with Crippen LogP contribution in [0, 0.1) is 5.92 Å². The molecule has 3 nitrogen and oxygen atoms in total. The van der Waals surface area contributed by atoms with E-state index in [4.69, 9.17) is 5.73 Å². The van der Waals surface area contributed by atoms with Crippen LogP contribution in [0.15, 0.2) is 30.3 Å². The molecule has 2 unspecified atom stereocenters. The molecule has 1 aliphatic rings. The second-order valence-corrected chi connectivity index (χ2v) is 5.52. The topological polar surface area (TPSA) is 46.3 Å². The fourth-order valence-electron chi connectivity index (χ4n) is 2.84. The van der Waals surface area contributed by atoms with Crippen LogP contribution >= 0.6 is 0 Å². The lowest BCUT2D eigenvalue weighted by Crippen LogP contribution is -2.36. The van der Waals surface area contributed by atoms with Crippen molar-refractivity contribution in [3.8, 4) is 0 Å². The minimum Gasteiger partial charge on any atom is -0.338 e. The lowest BCUT2D eigenvalue weighted by atomic mass is 10.1. The predicted molar refractivity (Wildman–Crippen MR) is 77.5 cm³/mol. The molecule has 1 aliphatic carbocycles. The van der Waals surface area contributed by atoms with Gasteiger partial charge < -0.3 is 10.6 Å². The van der Waals surface area contributed by atoms with Gasteiger partial charge in [0.1, 0.15) is 0 Å². The van der Waals surface area contributed by atoms with Crippen molar-refractivity contribution in [1.82, 2.24) is 4.90 Å². The second kappa shape index (κ2) is 6.71. The van der Waals surface area contributed by atoms with E-state index in [0.29, 0.717) is 5.91 Å². The van der Waals surface area contributed by atoms with Crippen LogP contribution in [0.1, 0.15) is 38.2 Å². The van der Waals surface area contributed by atoms with Crippen molar-refractivity contribution in [3.63, 3.8) is 0 Å². The summed E-state index contributed by atoms with van der Waals surface area (Å²) in [6.45, 7) is 3.67. The van der Waals surface area contributed by atoms with E-state index in [0.717, 1.165) is 38.8 Å². The van der Waals surface area contributed by atoms with Gasteiger partial charge in [0.05, 0.1) is 0 Å². The van der Waals surface area contributed by atoms with Gasteiger partial charge in [-0.15, -0.1) is 0 Å². The third-order valence-corrected chi connectivity index (χ3v) is 3.84. The Hall–Kier alpha value is -1.35. The number of carbonyl (C=O) groups excluding carboxylic acids is 1. The van der Waals surface area contributed by atoms with Gasteiger partial charge in [-0.05, 0) is 31.2 Å². The highest BCUT2D eigenvalue weighted by Gasteiger charge is 2.30. The maximum Gasteiger partial charge on any atom is 0.226 e. The summed E-state index contributed by atoms with van der Waals surface area (Å²) >= 11 is 0. The molecule has 1 aromatic rings. The summed E-state index contributed by atoms with van der Waals surface area (Å²) in [7, 11) is 0. The van der Waals surface area contributed by atoms with Crippen LogP contribution in [0.3, 0.4) is 0 Å². The van der Waals surface area contributed by atoms with Crippen LogP contribution in [0.25, 0.3) is 0 Å². The molecule has 1 saturated carbocycles. The highest BCUT2D eigenvalue weighted by molar-refractivity contribution is 5.79. The lowest BCUT2D eigenvalue weighted by molar-refractivity contribution is -0.136. The molecule has 1 aromatic carbocycles. The van der Waals surface area contributed by atoms with E-state index in [1.807, 2.05) is 23.1 Å². The molecule has 3 heteroatoms. The first-order valence-corrected chi connectivity index (χ1v) is 7.29. The zero-order valence-corrected chi connectivity index (χ0v) is 11.7. The molecule has 2 rings (SSSR count). The average molecular weight is 260 g/mol. The summed E-state index contributed by atoms with van der Waals surface area (Å²) in [6, 6.07) is 10.4. The van der Waals surface area contributed by atoms with E-state index >= 15 is 0 Å². The predicted octanol–water partition coefficient (Wildman–Crippen LogP) is 2.55. The number of nitrogens with two attached hydrogens (primary N) is 1. The summed E-state index contributed by atoms with van der Waals surface area (Å²) in [6.07, 6.45) is 3.79. The standard InChI is InChI=1S/C16H24N2O/c1-2-10-18(12-13-6-4-3-5-7-13)16(19)14-8-9-15(17)11-14/h3-7,14-15H,2,8-12,17H2,1H3. The maximum absolute atomic E-state index is 12.6. The number of hydrogen-bond acceptors (Lipinski definition) is 2. The van der Waals surface area contributed by atoms with Crippen molar-refractivity contribution >= 4 is 5.91 Å². The quantitative estimate of drug-likeness (QED) is 0.884. The minimum atomic E-state index is 0.144. The Morgan fingerprint density at radius 3 is 2.63 bits per heavy atom. The SMILES string of the molecule is CCCN(Cc1ccccc1)C(=O)C1CCC(N)C1. The largest absolute Gasteiger partial charge is 0.338 e. The number of nitrogens with zero attached hydrogens (tertiary/aromatic N) is 1. The summed E-state index contributed by atoms with van der Waals surface area (Å²) in [5.41, 5.74) is 7.12. The molecule has 0 saturated heterocycles. The van der Waals surface area contributed by atoms with Gasteiger partial charge in [-0.3, -0.25) is 4.79 Å². The van der Waals surface area contributed by atoms with Gasteiger partial charge in [-0.25, -0.2) is 0 Å². The number of benzene rings is 1. The molecule has 2 atom stereocenters. The van der Waals surface area contributed by atoms with Gasteiger partial charge >= 0.3 is 0 Å². The number of hydrogen-bond donors (Lipinski definition) is 1. The summed E-state index contributed by atoms with van der Waals surface area (Å²) < 4.78 is 0. The van der Waals surface area contributed by atoms with Crippen LogP contribution in [0.4, 0.5) is 0 Å². The van der Waals surface area contributed by atoms with E-state index in [-0.39, 0.29) is 12.0 Å². The Morgan fingerprint density at radius 2 is 2.05 bits per heavy atom. The van der Waals surface area contributed by atoms with E-state index < -0.39 is 0 Å². The number of amides is 1. The maximum atomic E-state index is 12.6. The molecule has 1 fully saturated rings. The molecular formula is C16H24N2O. The van der Waals surface area contributed by atoms with E-state index in [1.54, 1.807) is 0 Å². The smallest absolute Gasteiger partial charge is 0.226 e. The second-order valence-electron chi connectivity index (χ2n) is 5.52. The van der Waals surface area contributed by atoms with Crippen LogP contribution < -0.4 is 5.73 Å². The third-order valence-electron chi connectivity index (χ3n) is 3.84. The van der Waals surface area contributed by atoms with Gasteiger partial charge in [0.2, 0.25) is 5.91 Å². The minimum absolute atomic E-state index is 0.144. The van der Waals surface area contributed by atoms with E-state index in [9.17, 15) is 4.79 Å². The van der Waals surface area contributed by atoms with Crippen LogP contribution in [0.5, 0.6) is 0 Å². The highest BCUT2D eigenvalue weighted by atomic mass is 16.2. The van der Waals surface area contributed by atoms with Crippen molar-refractivity contribution in [2.24, 2.45) is 11.7 Å². The Bertz CT molecular complexity index is 404. The summed E-state index contributed by atoms with van der Waals surface area (Å²) in [5, 5.41) is 0. The molecule has 19 heavy (non-hydrogen) atoms. The normalized spacial score (nSPS) is 22.4. The van der Waals surface area contributed by atoms with Gasteiger partial charge in [0.25, 0.3) is 0 Å². The molecule has 0 spiro atoms. The number of rotatable bonds is 5. The van der Waals surface area contributed by atoms with Crippen molar-refractivity contribution in [2.75, 3.05) is 6.54 Å². The third kappa shape index (κ3) is 3.80. The highest BCUT2D eigenvalue weighted by Crippen LogP contribution is 2.26. The molecular weight excluding hydrogens is 236 g/mol. The molecule has 0 heterocycles. The van der Waals surface area contributed by atoms with Crippen LogP contribution in [0.2, 0.25) is 0 Å². The van der Waals surface area contributed by atoms with Crippen LogP contribution in [-0.4, -0.2) is 23.4 Å². The van der Waals surface area contributed by atoms with Crippen LogP contribution in [-0.2, 0) is 11.3 Å². The molecule has 0 radical (unpaired) electrons. The van der Waals surface area contributed by atoms with Gasteiger partial charge in [-0.2, -0.15) is 0 Å². The molecule has 2 N–H and O–H groups in total. The molecule has 0 aromatic heterocycles. The van der Waals surface area contributed by atoms with E-state index in [2.05, 4.69) is 19.1 Å². The molecule has 1 amide bonds. The Kier molecular flexibility index (Phi) is 4.97. The Balaban J connectivity index is 2.01. The first-order valence-electron chi connectivity index (χ1n) is 7.29. The average Bonchev–Trinajstić information content (AvgIpc) is 2.85. The van der Waals surface area contributed by atoms with Crippen molar-refractivity contribution in [2.45, 2.75) is 45.2 Å². The lowest BCUT2D eigenvalue weighted by Gasteiger charge is -2.25. The summed E-state index contributed by atoms with van der Waals surface area (Å²) in [5.74, 6) is 0.434. The first-order chi connectivity index (χ1) is 9.20. The zero-order valence-electron chi connectivity index (χ0n) is 11.7. The van der Waals surface area contributed by atoms with Crippen molar-refractivity contribution in [3.05, 3.63) is 35.9 Å². The van der Waals surface area contributed by atoms with Gasteiger partial charge in [0.15, 0.2) is 0 Å². The monoisotopic (exact) mass is 260 g/mol. The fraction of sp³-hybridized carbons (Fsp3) is 0.562. The Labute approximate surface area is 115 Å². The van der Waals surface area contributed by atoms with E-state index in [1.165, 1.54) is 5.56 Å². The molecule has 0 bridgehead atoms. The van der Waals surface area contributed by atoms with Gasteiger partial charge in [0, 0.05) is 25.0 Å². The van der Waals surface area contributed by atoms with Crippen molar-refractivity contribution in [1.29, 1.82) is 0 Å². The molecule has 104 valence electrons. The number of carbonyl (C=O) groups is 1. The van der Waals surface area contributed by atoms with Gasteiger partial charge in [-0.1, -0.05) is 37.3 Å². The summed E-state index contributed by atoms with van der Waals surface area (Å²) in [4.78, 5) is 14.6. The Morgan fingerprint density at radius 1 is 1.32 bits per heavy atom. The van der Waals surface area contributed by atoms with Crippen molar-refractivity contribution < 1.29 is 4.79 Å². The first kappa shape index (κ1) is 14.1. The zero-order chi connectivity index (χ0) is 13.7.